The second-order valence-corrected chi connectivity index (χ2v) is 4.55. The van der Waals surface area contributed by atoms with E-state index in [0.717, 1.165) is 18.8 Å². The Balaban J connectivity index is 2.32. The lowest BCUT2D eigenvalue weighted by atomic mass is 10.3. The molecule has 1 unspecified atom stereocenters. The van der Waals surface area contributed by atoms with E-state index in [0.29, 0.717) is 17.6 Å². The Bertz CT molecular complexity index is 174. The van der Waals surface area contributed by atoms with E-state index in [9.17, 15) is 0 Å². The molecule has 1 atom stereocenters. The molecular formula is C7H15N3OS. The molecule has 1 rings (SSSR count). The van der Waals surface area contributed by atoms with Crippen LogP contribution in [0.5, 0.6) is 0 Å². The molecule has 0 spiro atoms. The zero-order valence-corrected chi connectivity index (χ0v) is 8.05. The van der Waals surface area contributed by atoms with Crippen molar-refractivity contribution in [2.45, 2.75) is 12.2 Å². The molecular weight excluding hydrogens is 174 g/mol. The van der Waals surface area contributed by atoms with E-state index in [1.54, 1.807) is 0 Å². The third-order valence-corrected chi connectivity index (χ3v) is 2.98. The summed E-state index contributed by atoms with van der Waals surface area (Å²) in [5, 5.41) is 12.0. The van der Waals surface area contributed by atoms with Crippen LogP contribution < -0.4 is 5.73 Å². The second kappa shape index (κ2) is 4.57. The summed E-state index contributed by atoms with van der Waals surface area (Å²) in [5.41, 5.74) is 5.40. The van der Waals surface area contributed by atoms with Crippen LogP contribution in [-0.2, 0) is 0 Å². The summed E-state index contributed by atoms with van der Waals surface area (Å²) in [4.78, 5) is 2.20. The molecule has 1 saturated heterocycles. The predicted molar refractivity (Wildman–Crippen MR) is 51.8 cm³/mol. The van der Waals surface area contributed by atoms with Gasteiger partial charge < -0.3 is 10.9 Å². The maximum atomic E-state index is 8.36. The van der Waals surface area contributed by atoms with Gasteiger partial charge >= 0.3 is 0 Å². The van der Waals surface area contributed by atoms with E-state index in [1.807, 2.05) is 11.8 Å². The van der Waals surface area contributed by atoms with Crippen LogP contribution in [0, 0.1) is 0 Å². The van der Waals surface area contributed by atoms with Crippen molar-refractivity contribution in [2.75, 3.05) is 25.4 Å². The highest BCUT2D eigenvalue weighted by Gasteiger charge is 2.16. The summed E-state index contributed by atoms with van der Waals surface area (Å²) in [6.07, 6.45) is 0. The Morgan fingerprint density at radius 1 is 1.83 bits per heavy atom. The van der Waals surface area contributed by atoms with Crippen molar-refractivity contribution in [1.82, 2.24) is 4.90 Å². The number of rotatable bonds is 2. The summed E-state index contributed by atoms with van der Waals surface area (Å²) in [6.45, 7) is 4.84. The standard InChI is InChI=1S/C7H15N3OS/c1-6-4-10(2-3-12-6)5-7(8)9-11/h6,11H,2-5H2,1H3,(H2,8,9). The van der Waals surface area contributed by atoms with Crippen LogP contribution >= 0.6 is 11.8 Å². The molecule has 5 heteroatoms. The number of nitrogens with zero attached hydrogens (tertiary/aromatic N) is 2. The summed E-state index contributed by atoms with van der Waals surface area (Å²) in [7, 11) is 0. The fourth-order valence-corrected chi connectivity index (χ4v) is 2.38. The fourth-order valence-electron chi connectivity index (χ4n) is 1.29. The molecule has 1 fully saturated rings. The molecule has 0 aromatic rings. The molecule has 0 radical (unpaired) electrons. The normalized spacial score (nSPS) is 27.4. The highest BCUT2D eigenvalue weighted by atomic mass is 32.2. The van der Waals surface area contributed by atoms with Crippen molar-refractivity contribution in [3.8, 4) is 0 Å². The first kappa shape index (κ1) is 9.67. The molecule has 0 aromatic carbocycles. The Labute approximate surface area is 76.8 Å². The number of thioether (sulfide) groups is 1. The molecule has 0 saturated carbocycles. The lowest BCUT2D eigenvalue weighted by Gasteiger charge is -2.29. The minimum atomic E-state index is 0.300. The summed E-state index contributed by atoms with van der Waals surface area (Å²) >= 11 is 1.97. The Hall–Kier alpha value is -0.420. The molecule has 1 heterocycles. The summed E-state index contributed by atoms with van der Waals surface area (Å²) in [6, 6.07) is 0. The van der Waals surface area contributed by atoms with Gasteiger partial charge in [0, 0.05) is 24.1 Å². The third-order valence-electron chi connectivity index (χ3n) is 1.84. The van der Waals surface area contributed by atoms with E-state index in [4.69, 9.17) is 10.9 Å². The van der Waals surface area contributed by atoms with Gasteiger partial charge in [0.15, 0.2) is 5.84 Å². The largest absolute Gasteiger partial charge is 0.409 e. The van der Waals surface area contributed by atoms with E-state index in [1.165, 1.54) is 0 Å². The molecule has 0 amide bonds. The minimum Gasteiger partial charge on any atom is -0.409 e. The molecule has 12 heavy (non-hydrogen) atoms. The molecule has 0 bridgehead atoms. The van der Waals surface area contributed by atoms with Crippen LogP contribution in [0.3, 0.4) is 0 Å². The van der Waals surface area contributed by atoms with Crippen molar-refractivity contribution in [3.05, 3.63) is 0 Å². The molecule has 1 aliphatic heterocycles. The lowest BCUT2D eigenvalue weighted by Crippen LogP contribution is -2.41. The van der Waals surface area contributed by atoms with Crippen LogP contribution in [-0.4, -0.2) is 46.6 Å². The summed E-state index contributed by atoms with van der Waals surface area (Å²) in [5.74, 6) is 1.44. The number of nitrogens with two attached hydrogens (primary N) is 1. The Morgan fingerprint density at radius 3 is 3.17 bits per heavy atom. The highest BCUT2D eigenvalue weighted by Crippen LogP contribution is 2.16. The van der Waals surface area contributed by atoms with E-state index >= 15 is 0 Å². The van der Waals surface area contributed by atoms with Gasteiger partial charge in [-0.25, -0.2) is 0 Å². The van der Waals surface area contributed by atoms with Crippen LogP contribution in [0.4, 0.5) is 0 Å². The van der Waals surface area contributed by atoms with Gasteiger partial charge in [0.25, 0.3) is 0 Å². The predicted octanol–water partition coefficient (Wildman–Crippen LogP) is 0.170. The van der Waals surface area contributed by atoms with Crippen molar-refractivity contribution < 1.29 is 5.21 Å². The molecule has 0 aliphatic carbocycles. The first-order valence-electron chi connectivity index (χ1n) is 4.02. The smallest absolute Gasteiger partial charge is 0.153 e. The first-order valence-corrected chi connectivity index (χ1v) is 5.07. The fraction of sp³-hybridized carbons (Fsp3) is 0.857. The van der Waals surface area contributed by atoms with Gasteiger partial charge in [-0.05, 0) is 0 Å². The maximum Gasteiger partial charge on any atom is 0.153 e. The summed E-state index contributed by atoms with van der Waals surface area (Å²) < 4.78 is 0. The zero-order valence-electron chi connectivity index (χ0n) is 7.23. The Morgan fingerprint density at radius 2 is 2.58 bits per heavy atom. The SMILES string of the molecule is CC1CN(CC(N)=NO)CCS1. The van der Waals surface area contributed by atoms with E-state index in [-0.39, 0.29) is 0 Å². The van der Waals surface area contributed by atoms with E-state index in [2.05, 4.69) is 17.0 Å². The lowest BCUT2D eigenvalue weighted by molar-refractivity contribution is 0.297. The Kier molecular flexibility index (Phi) is 3.68. The highest BCUT2D eigenvalue weighted by molar-refractivity contribution is 7.99. The third kappa shape index (κ3) is 2.91. The van der Waals surface area contributed by atoms with Crippen molar-refractivity contribution in [3.63, 3.8) is 0 Å². The van der Waals surface area contributed by atoms with Gasteiger partial charge in [-0.1, -0.05) is 12.1 Å². The first-order chi connectivity index (χ1) is 5.72. The quantitative estimate of drug-likeness (QED) is 0.281. The van der Waals surface area contributed by atoms with Crippen molar-refractivity contribution >= 4 is 17.6 Å². The number of oxime groups is 1. The van der Waals surface area contributed by atoms with Gasteiger partial charge in [-0.3, -0.25) is 4.90 Å². The number of amidine groups is 1. The molecule has 70 valence electrons. The van der Waals surface area contributed by atoms with Crippen LogP contribution in [0.1, 0.15) is 6.92 Å². The van der Waals surface area contributed by atoms with Crippen molar-refractivity contribution in [2.24, 2.45) is 10.9 Å². The van der Waals surface area contributed by atoms with Gasteiger partial charge in [0.2, 0.25) is 0 Å². The van der Waals surface area contributed by atoms with Crippen LogP contribution in [0.15, 0.2) is 5.16 Å². The zero-order chi connectivity index (χ0) is 8.97. The number of hydrogen-bond donors (Lipinski definition) is 2. The van der Waals surface area contributed by atoms with Crippen LogP contribution in [0.25, 0.3) is 0 Å². The van der Waals surface area contributed by atoms with Gasteiger partial charge in [-0.15, -0.1) is 0 Å². The maximum absolute atomic E-state index is 8.36. The molecule has 0 aromatic heterocycles. The average molecular weight is 189 g/mol. The molecule has 4 nitrogen and oxygen atoms in total. The molecule has 3 N–H and O–H groups in total. The monoisotopic (exact) mass is 189 g/mol. The van der Waals surface area contributed by atoms with Crippen molar-refractivity contribution in [1.29, 1.82) is 0 Å². The topological polar surface area (TPSA) is 61.8 Å². The average Bonchev–Trinajstić information content (AvgIpc) is 2.04. The van der Waals surface area contributed by atoms with Gasteiger partial charge in [0.1, 0.15) is 0 Å². The van der Waals surface area contributed by atoms with Crippen LogP contribution in [0.2, 0.25) is 0 Å². The molecule has 1 aliphatic rings. The van der Waals surface area contributed by atoms with Gasteiger partial charge in [0.05, 0.1) is 6.54 Å². The second-order valence-electron chi connectivity index (χ2n) is 3.01. The minimum absolute atomic E-state index is 0.300. The van der Waals surface area contributed by atoms with E-state index < -0.39 is 0 Å². The van der Waals surface area contributed by atoms with Gasteiger partial charge in [-0.2, -0.15) is 11.8 Å². The number of hydrogen-bond acceptors (Lipinski definition) is 4.